The second-order valence-corrected chi connectivity index (χ2v) is 8.93. The topological polar surface area (TPSA) is 135 Å². The number of nitrogens with one attached hydrogen (secondary N) is 3. The van der Waals surface area contributed by atoms with Crippen molar-refractivity contribution in [1.82, 2.24) is 30.9 Å². The minimum absolute atomic E-state index is 0.0805. The molecule has 2 aromatic carbocycles. The Bertz CT molecular complexity index is 1490. The molecule has 0 saturated heterocycles. The highest BCUT2D eigenvalue weighted by Crippen LogP contribution is 2.25. The van der Waals surface area contributed by atoms with E-state index in [4.69, 9.17) is 4.74 Å². The van der Waals surface area contributed by atoms with E-state index in [1.807, 2.05) is 30.3 Å². The summed E-state index contributed by atoms with van der Waals surface area (Å²) in [6, 6.07) is 17.8. The summed E-state index contributed by atoms with van der Waals surface area (Å²) in [6.07, 6.45) is 5.40. The van der Waals surface area contributed by atoms with E-state index in [-0.39, 0.29) is 23.8 Å². The van der Waals surface area contributed by atoms with Gasteiger partial charge in [0.1, 0.15) is 23.5 Å². The largest absolute Gasteiger partial charge is 0.493 e. The zero-order valence-electron chi connectivity index (χ0n) is 21.0. The number of amides is 3. The molecular formula is C29H26N6O4. The molecule has 0 atom stereocenters. The molecule has 2 aromatic heterocycles. The van der Waals surface area contributed by atoms with Crippen LogP contribution in [0.3, 0.4) is 0 Å². The number of aromatic nitrogens is 3. The van der Waals surface area contributed by atoms with Gasteiger partial charge >= 0.3 is 0 Å². The molecule has 0 radical (unpaired) electrons. The van der Waals surface area contributed by atoms with Crippen LogP contribution in [0.25, 0.3) is 0 Å². The molecule has 4 aromatic rings. The molecule has 0 aliphatic carbocycles. The fourth-order valence-corrected chi connectivity index (χ4v) is 4.06. The van der Waals surface area contributed by atoms with Crippen LogP contribution in [0, 0.1) is 0 Å². The number of benzene rings is 2. The molecule has 39 heavy (non-hydrogen) atoms. The molecule has 0 bridgehead atoms. The predicted octanol–water partition coefficient (Wildman–Crippen LogP) is 2.60. The maximum atomic E-state index is 12.7. The Morgan fingerprint density at radius 3 is 1.97 bits per heavy atom. The molecule has 1 aliphatic rings. The van der Waals surface area contributed by atoms with Gasteiger partial charge < -0.3 is 20.7 Å². The van der Waals surface area contributed by atoms with E-state index in [1.165, 1.54) is 12.4 Å². The van der Waals surface area contributed by atoms with Gasteiger partial charge in [0.05, 0.1) is 6.61 Å². The average Bonchev–Trinajstić information content (AvgIpc) is 3.46. The van der Waals surface area contributed by atoms with Crippen molar-refractivity contribution in [3.8, 4) is 5.75 Å². The van der Waals surface area contributed by atoms with Gasteiger partial charge in [0.25, 0.3) is 17.7 Å². The molecule has 5 rings (SSSR count). The summed E-state index contributed by atoms with van der Waals surface area (Å²) in [4.78, 5) is 49.6. The van der Waals surface area contributed by atoms with Crippen molar-refractivity contribution in [2.75, 3.05) is 6.61 Å². The van der Waals surface area contributed by atoms with E-state index in [0.717, 1.165) is 34.4 Å². The lowest BCUT2D eigenvalue weighted by Gasteiger charge is -2.09. The third-order valence-corrected chi connectivity index (χ3v) is 6.21. The molecule has 0 saturated carbocycles. The Morgan fingerprint density at radius 1 is 0.692 bits per heavy atom. The Kier molecular flexibility index (Phi) is 7.82. The normalized spacial score (nSPS) is 11.7. The number of nitrogens with zero attached hydrogens (tertiary/aromatic N) is 3. The predicted molar refractivity (Wildman–Crippen MR) is 142 cm³/mol. The highest BCUT2D eigenvalue weighted by molar-refractivity contribution is 5.97. The van der Waals surface area contributed by atoms with Gasteiger partial charge in [-0.3, -0.25) is 19.4 Å². The van der Waals surface area contributed by atoms with Crippen LogP contribution in [0.15, 0.2) is 79.4 Å². The second kappa shape index (κ2) is 12.0. The van der Waals surface area contributed by atoms with Crippen LogP contribution in [0.2, 0.25) is 0 Å². The van der Waals surface area contributed by atoms with Crippen LogP contribution >= 0.6 is 0 Å². The average molecular weight is 523 g/mol. The highest BCUT2D eigenvalue weighted by atomic mass is 16.5. The molecule has 10 heteroatoms. The standard InChI is InChI=1S/C29H26N6O4/c36-27(31-16-20-7-10-30-11-8-20)22-4-1-19(2-5-22)15-32-28(37)24-14-25(35-18-34-24)29(38)33-17-21-3-6-26-23(13-21)9-12-39-26/h1-8,10-11,13-14,18H,9,12,15-17H2,(H,31,36)(H,32,37)(H,33,38). The van der Waals surface area contributed by atoms with E-state index in [0.29, 0.717) is 25.3 Å². The van der Waals surface area contributed by atoms with Crippen molar-refractivity contribution >= 4 is 17.7 Å². The molecule has 3 heterocycles. The number of hydrogen-bond donors (Lipinski definition) is 3. The third-order valence-electron chi connectivity index (χ3n) is 6.21. The van der Waals surface area contributed by atoms with E-state index in [9.17, 15) is 14.4 Å². The number of carbonyl (C=O) groups excluding carboxylic acids is 3. The number of pyridine rings is 1. The smallest absolute Gasteiger partial charge is 0.270 e. The molecule has 10 nitrogen and oxygen atoms in total. The van der Waals surface area contributed by atoms with Gasteiger partial charge in [0.2, 0.25) is 0 Å². The SMILES string of the molecule is O=C(NCc1ccncc1)c1ccc(CNC(=O)c2cc(C(=O)NCc3ccc4c(c3)CCO4)ncn2)cc1. The lowest BCUT2D eigenvalue weighted by atomic mass is 10.1. The molecule has 0 spiro atoms. The molecule has 1 aliphatic heterocycles. The number of fused-ring (bicyclic) bond motifs is 1. The molecule has 196 valence electrons. The summed E-state index contributed by atoms with van der Waals surface area (Å²) in [6.45, 7) is 1.63. The number of hydrogen-bond acceptors (Lipinski definition) is 7. The highest BCUT2D eigenvalue weighted by Gasteiger charge is 2.15. The van der Waals surface area contributed by atoms with Crippen molar-refractivity contribution in [3.63, 3.8) is 0 Å². The van der Waals surface area contributed by atoms with Crippen molar-refractivity contribution in [2.45, 2.75) is 26.1 Å². The first-order valence-electron chi connectivity index (χ1n) is 12.4. The van der Waals surface area contributed by atoms with Crippen LogP contribution in [0.4, 0.5) is 0 Å². The second-order valence-electron chi connectivity index (χ2n) is 8.93. The maximum Gasteiger partial charge on any atom is 0.270 e. The lowest BCUT2D eigenvalue weighted by molar-refractivity contribution is 0.0935. The fourth-order valence-electron chi connectivity index (χ4n) is 4.06. The summed E-state index contributed by atoms with van der Waals surface area (Å²) in [5, 5.41) is 8.47. The van der Waals surface area contributed by atoms with Gasteiger partial charge in [-0.2, -0.15) is 0 Å². The van der Waals surface area contributed by atoms with Crippen molar-refractivity contribution in [1.29, 1.82) is 0 Å². The summed E-state index contributed by atoms with van der Waals surface area (Å²) in [7, 11) is 0. The monoisotopic (exact) mass is 522 g/mol. The van der Waals surface area contributed by atoms with Gasteiger partial charge in [-0.1, -0.05) is 24.3 Å². The molecule has 0 unspecified atom stereocenters. The van der Waals surface area contributed by atoms with Crippen LogP contribution in [0.5, 0.6) is 5.75 Å². The lowest BCUT2D eigenvalue weighted by Crippen LogP contribution is -2.27. The van der Waals surface area contributed by atoms with Crippen LogP contribution in [-0.2, 0) is 26.1 Å². The first kappa shape index (κ1) is 25.5. The van der Waals surface area contributed by atoms with Gasteiger partial charge in [0, 0.05) is 50.1 Å². The fraction of sp³-hybridized carbons (Fsp3) is 0.172. The van der Waals surface area contributed by atoms with Gasteiger partial charge in [-0.25, -0.2) is 9.97 Å². The van der Waals surface area contributed by atoms with Crippen molar-refractivity contribution in [2.24, 2.45) is 0 Å². The minimum Gasteiger partial charge on any atom is -0.493 e. The summed E-state index contributed by atoms with van der Waals surface area (Å²) in [5.41, 5.74) is 4.54. The van der Waals surface area contributed by atoms with Crippen LogP contribution < -0.4 is 20.7 Å². The van der Waals surface area contributed by atoms with Crippen molar-refractivity contribution < 1.29 is 19.1 Å². The zero-order chi connectivity index (χ0) is 27.0. The van der Waals surface area contributed by atoms with Crippen LogP contribution in [0.1, 0.15) is 53.6 Å². The maximum absolute atomic E-state index is 12.7. The summed E-state index contributed by atoms with van der Waals surface area (Å²) in [5.74, 6) is -0.153. The van der Waals surface area contributed by atoms with Crippen molar-refractivity contribution in [3.05, 3.63) is 119 Å². The Labute approximate surface area is 224 Å². The summed E-state index contributed by atoms with van der Waals surface area (Å²) >= 11 is 0. The quantitative estimate of drug-likeness (QED) is 0.308. The first-order valence-corrected chi connectivity index (χ1v) is 12.4. The van der Waals surface area contributed by atoms with E-state index in [2.05, 4.69) is 30.9 Å². The van der Waals surface area contributed by atoms with Gasteiger partial charge in [0.15, 0.2) is 0 Å². The van der Waals surface area contributed by atoms with Gasteiger partial charge in [-0.15, -0.1) is 0 Å². The Hall–Kier alpha value is -5.12. The van der Waals surface area contributed by atoms with E-state index >= 15 is 0 Å². The minimum atomic E-state index is -0.441. The number of ether oxygens (including phenoxy) is 1. The van der Waals surface area contributed by atoms with Crippen LogP contribution in [-0.4, -0.2) is 39.3 Å². The Balaban J connectivity index is 1.11. The van der Waals surface area contributed by atoms with E-state index < -0.39 is 11.8 Å². The Morgan fingerprint density at radius 2 is 1.28 bits per heavy atom. The third kappa shape index (κ3) is 6.61. The van der Waals surface area contributed by atoms with E-state index in [1.54, 1.807) is 36.7 Å². The first-order chi connectivity index (χ1) is 19.0. The number of carbonyl (C=O) groups is 3. The summed E-state index contributed by atoms with van der Waals surface area (Å²) < 4.78 is 5.51. The number of rotatable bonds is 9. The molecule has 3 amide bonds. The molecule has 0 fully saturated rings. The zero-order valence-corrected chi connectivity index (χ0v) is 21.0. The van der Waals surface area contributed by atoms with Gasteiger partial charge in [-0.05, 0) is 52.6 Å². The molecule has 3 N–H and O–H groups in total. The molecular weight excluding hydrogens is 496 g/mol.